The van der Waals surface area contributed by atoms with Gasteiger partial charge in [-0.1, -0.05) is 119 Å². The molecule has 0 aliphatic carbocycles. The minimum Gasteiger partial charge on any atom is -0.381 e. The molecule has 0 aliphatic heterocycles. The van der Waals surface area contributed by atoms with E-state index in [2.05, 4.69) is 148 Å². The van der Waals surface area contributed by atoms with Crippen LogP contribution in [0.2, 0.25) is 0 Å². The van der Waals surface area contributed by atoms with E-state index in [1.807, 2.05) is 0 Å². The van der Waals surface area contributed by atoms with Gasteiger partial charge in [0, 0.05) is 24.5 Å². The van der Waals surface area contributed by atoms with Crippen LogP contribution in [0.25, 0.3) is 21.9 Å². The number of fused-ring (bicyclic) bond motifs is 1. The average Bonchev–Trinajstić information content (AvgIpc) is 2.95. The Labute approximate surface area is 234 Å². The third-order valence-electron chi connectivity index (χ3n) is 7.69. The standard InChI is InChI=1S/C37H40N2/c1-25(2)32-17-11-18-33(26(3)4)37(32)39-23-28-13-10-15-30(22-28)36-31(21-20-29-14-7-8-16-34(29)36)24-38-35-19-9-6-12-27(35)5/h6-22,25-26,38-39H,23-24H2,1-5H3. The van der Waals surface area contributed by atoms with Gasteiger partial charge in [0.1, 0.15) is 0 Å². The van der Waals surface area contributed by atoms with Crippen LogP contribution < -0.4 is 10.6 Å². The van der Waals surface area contributed by atoms with Crippen molar-refractivity contribution >= 4 is 22.1 Å². The second kappa shape index (κ2) is 11.8. The zero-order chi connectivity index (χ0) is 27.4. The summed E-state index contributed by atoms with van der Waals surface area (Å²) in [7, 11) is 0. The van der Waals surface area contributed by atoms with Gasteiger partial charge in [0.25, 0.3) is 0 Å². The summed E-state index contributed by atoms with van der Waals surface area (Å²) in [5.74, 6) is 0.938. The Morgan fingerprint density at radius 2 is 1.31 bits per heavy atom. The third kappa shape index (κ3) is 5.86. The lowest BCUT2D eigenvalue weighted by Gasteiger charge is -2.21. The maximum absolute atomic E-state index is 3.83. The SMILES string of the molecule is Cc1ccccc1NCc1ccc2ccccc2c1-c1cccc(CNc2c(C(C)C)cccc2C(C)C)c1. The van der Waals surface area contributed by atoms with E-state index in [0.717, 1.165) is 13.1 Å². The Bertz CT molecular complexity index is 1550. The Morgan fingerprint density at radius 1 is 0.615 bits per heavy atom. The van der Waals surface area contributed by atoms with E-state index in [1.165, 1.54) is 61.1 Å². The largest absolute Gasteiger partial charge is 0.381 e. The molecule has 0 aromatic heterocycles. The minimum atomic E-state index is 0.469. The second-order valence-corrected chi connectivity index (χ2v) is 11.2. The van der Waals surface area contributed by atoms with E-state index in [-0.39, 0.29) is 0 Å². The minimum absolute atomic E-state index is 0.469. The smallest absolute Gasteiger partial charge is 0.0413 e. The molecular formula is C37H40N2. The van der Waals surface area contributed by atoms with Crippen LogP contribution in [-0.2, 0) is 13.1 Å². The van der Waals surface area contributed by atoms with Crippen molar-refractivity contribution in [3.63, 3.8) is 0 Å². The molecule has 0 saturated heterocycles. The zero-order valence-electron chi connectivity index (χ0n) is 23.9. The van der Waals surface area contributed by atoms with Crippen molar-refractivity contribution < 1.29 is 0 Å². The second-order valence-electron chi connectivity index (χ2n) is 11.2. The number of hydrogen-bond acceptors (Lipinski definition) is 2. The molecule has 0 unspecified atom stereocenters. The van der Waals surface area contributed by atoms with E-state index < -0.39 is 0 Å². The van der Waals surface area contributed by atoms with Crippen molar-refractivity contribution in [1.82, 2.24) is 0 Å². The van der Waals surface area contributed by atoms with E-state index in [9.17, 15) is 0 Å². The summed E-state index contributed by atoms with van der Waals surface area (Å²) in [4.78, 5) is 0. The molecule has 39 heavy (non-hydrogen) atoms. The van der Waals surface area contributed by atoms with Crippen LogP contribution in [0.3, 0.4) is 0 Å². The normalized spacial score (nSPS) is 11.4. The molecule has 2 heteroatoms. The van der Waals surface area contributed by atoms with Crippen LogP contribution in [0.4, 0.5) is 11.4 Å². The monoisotopic (exact) mass is 512 g/mol. The van der Waals surface area contributed by atoms with E-state index in [1.54, 1.807) is 0 Å². The lowest BCUT2D eigenvalue weighted by molar-refractivity contribution is 0.832. The summed E-state index contributed by atoms with van der Waals surface area (Å²) in [6.07, 6.45) is 0. The Kier molecular flexibility index (Phi) is 8.02. The molecule has 0 heterocycles. The first-order chi connectivity index (χ1) is 18.9. The molecule has 198 valence electrons. The number of aryl methyl sites for hydroxylation is 1. The summed E-state index contributed by atoms with van der Waals surface area (Å²) in [5.41, 5.74) is 11.7. The molecule has 0 amide bonds. The number of nitrogens with one attached hydrogen (secondary N) is 2. The van der Waals surface area contributed by atoms with Gasteiger partial charge in [-0.05, 0) is 80.6 Å². The summed E-state index contributed by atoms with van der Waals surface area (Å²) in [5, 5.41) is 10.1. The predicted molar refractivity (Wildman–Crippen MR) is 170 cm³/mol. The zero-order valence-corrected chi connectivity index (χ0v) is 23.9. The fourth-order valence-electron chi connectivity index (χ4n) is 5.55. The number of hydrogen-bond donors (Lipinski definition) is 2. The van der Waals surface area contributed by atoms with Gasteiger partial charge >= 0.3 is 0 Å². The lowest BCUT2D eigenvalue weighted by atomic mass is 9.91. The quantitative estimate of drug-likeness (QED) is 0.205. The van der Waals surface area contributed by atoms with E-state index >= 15 is 0 Å². The van der Waals surface area contributed by atoms with Gasteiger partial charge in [-0.3, -0.25) is 0 Å². The molecule has 0 bridgehead atoms. The molecule has 0 spiro atoms. The molecule has 5 aromatic carbocycles. The highest BCUT2D eigenvalue weighted by Crippen LogP contribution is 2.35. The Morgan fingerprint density at radius 3 is 2.05 bits per heavy atom. The highest BCUT2D eigenvalue weighted by atomic mass is 14.9. The fraction of sp³-hybridized carbons (Fsp3) is 0.243. The summed E-state index contributed by atoms with van der Waals surface area (Å²) < 4.78 is 0. The van der Waals surface area contributed by atoms with Crippen LogP contribution in [0.1, 0.15) is 67.3 Å². The summed E-state index contributed by atoms with van der Waals surface area (Å²) >= 11 is 0. The number of para-hydroxylation sites is 2. The number of rotatable bonds is 9. The Balaban J connectivity index is 1.49. The van der Waals surface area contributed by atoms with E-state index in [4.69, 9.17) is 0 Å². The molecule has 2 N–H and O–H groups in total. The molecule has 0 saturated carbocycles. The van der Waals surface area contributed by atoms with E-state index in [0.29, 0.717) is 11.8 Å². The Hall–Kier alpha value is -4.04. The van der Waals surface area contributed by atoms with Gasteiger partial charge in [0.05, 0.1) is 0 Å². The van der Waals surface area contributed by atoms with Crippen LogP contribution in [0, 0.1) is 6.92 Å². The van der Waals surface area contributed by atoms with Crippen molar-refractivity contribution in [1.29, 1.82) is 0 Å². The van der Waals surface area contributed by atoms with Crippen LogP contribution >= 0.6 is 0 Å². The predicted octanol–water partition coefficient (Wildman–Crippen LogP) is 10.3. The molecule has 0 aliphatic rings. The number of benzene rings is 5. The van der Waals surface area contributed by atoms with Gasteiger partial charge < -0.3 is 10.6 Å². The first-order valence-electron chi connectivity index (χ1n) is 14.2. The average molecular weight is 513 g/mol. The first kappa shape index (κ1) is 26.6. The van der Waals surface area contributed by atoms with Crippen molar-refractivity contribution in [3.05, 3.63) is 131 Å². The molecular weight excluding hydrogens is 472 g/mol. The molecule has 0 fully saturated rings. The lowest BCUT2D eigenvalue weighted by Crippen LogP contribution is -2.08. The first-order valence-corrected chi connectivity index (χ1v) is 14.2. The topological polar surface area (TPSA) is 24.1 Å². The molecule has 0 atom stereocenters. The highest BCUT2D eigenvalue weighted by Gasteiger charge is 2.15. The van der Waals surface area contributed by atoms with Crippen LogP contribution in [0.15, 0.2) is 103 Å². The fourth-order valence-corrected chi connectivity index (χ4v) is 5.55. The van der Waals surface area contributed by atoms with Crippen molar-refractivity contribution in [2.24, 2.45) is 0 Å². The van der Waals surface area contributed by atoms with Gasteiger partial charge in [0.2, 0.25) is 0 Å². The van der Waals surface area contributed by atoms with Crippen LogP contribution in [0.5, 0.6) is 0 Å². The van der Waals surface area contributed by atoms with Crippen LogP contribution in [-0.4, -0.2) is 0 Å². The maximum atomic E-state index is 3.83. The highest BCUT2D eigenvalue weighted by molar-refractivity contribution is 5.98. The van der Waals surface area contributed by atoms with Gasteiger partial charge in [-0.25, -0.2) is 0 Å². The molecule has 0 radical (unpaired) electrons. The van der Waals surface area contributed by atoms with Gasteiger partial charge in [-0.2, -0.15) is 0 Å². The van der Waals surface area contributed by atoms with Crippen molar-refractivity contribution in [2.45, 2.75) is 59.5 Å². The summed E-state index contributed by atoms with van der Waals surface area (Å²) in [6.45, 7) is 12.8. The maximum Gasteiger partial charge on any atom is 0.0413 e. The van der Waals surface area contributed by atoms with Crippen molar-refractivity contribution in [2.75, 3.05) is 10.6 Å². The van der Waals surface area contributed by atoms with Crippen molar-refractivity contribution in [3.8, 4) is 11.1 Å². The van der Waals surface area contributed by atoms with Gasteiger partial charge in [0.15, 0.2) is 0 Å². The molecule has 2 nitrogen and oxygen atoms in total. The van der Waals surface area contributed by atoms with Gasteiger partial charge in [-0.15, -0.1) is 0 Å². The number of anilines is 2. The molecule has 5 aromatic rings. The molecule has 5 rings (SSSR count). The summed E-state index contributed by atoms with van der Waals surface area (Å²) in [6, 6.07) is 37.5. The third-order valence-corrected chi connectivity index (χ3v) is 7.69.